The van der Waals surface area contributed by atoms with Crippen LogP contribution in [0.3, 0.4) is 0 Å². The number of nitrogens with zero attached hydrogens (tertiary/aromatic N) is 1. The van der Waals surface area contributed by atoms with Gasteiger partial charge < -0.3 is 14.8 Å². The molecule has 3 rings (SSSR count). The first kappa shape index (κ1) is 14.6. The van der Waals surface area contributed by atoms with Crippen molar-refractivity contribution in [3.8, 4) is 5.75 Å². The maximum atomic E-state index is 5.54. The Bertz CT molecular complexity index is 607. The average Bonchev–Trinajstić information content (AvgIpc) is 3.15. The highest BCUT2D eigenvalue weighted by molar-refractivity contribution is 7.22. The van der Waals surface area contributed by atoms with Crippen LogP contribution in [0.1, 0.15) is 26.2 Å². The second-order valence-electron chi connectivity index (χ2n) is 5.68. The Labute approximate surface area is 129 Å². The molecule has 0 atom stereocenters. The molecule has 0 amide bonds. The fraction of sp³-hybridized carbons (Fsp3) is 0.562. The fourth-order valence-corrected chi connectivity index (χ4v) is 3.40. The molecule has 1 heterocycles. The summed E-state index contributed by atoms with van der Waals surface area (Å²) < 4.78 is 11.9. The van der Waals surface area contributed by atoms with Crippen LogP contribution in [0.15, 0.2) is 18.2 Å². The minimum absolute atomic E-state index is 0.435. The molecule has 1 aromatic heterocycles. The lowest BCUT2D eigenvalue weighted by Gasteiger charge is -2.14. The van der Waals surface area contributed by atoms with Gasteiger partial charge in [-0.1, -0.05) is 11.3 Å². The van der Waals surface area contributed by atoms with Crippen LogP contribution in [-0.4, -0.2) is 31.9 Å². The van der Waals surface area contributed by atoms with Crippen molar-refractivity contribution in [2.75, 3.05) is 32.2 Å². The zero-order chi connectivity index (χ0) is 14.7. The lowest BCUT2D eigenvalue weighted by atomic mass is 10.0. The number of benzene rings is 1. The predicted octanol–water partition coefficient (Wildman–Crippen LogP) is 3.92. The normalized spacial score (nSPS) is 16.1. The van der Waals surface area contributed by atoms with E-state index in [1.807, 2.05) is 19.1 Å². The van der Waals surface area contributed by atoms with Gasteiger partial charge in [0.15, 0.2) is 5.13 Å². The van der Waals surface area contributed by atoms with Gasteiger partial charge in [-0.3, -0.25) is 0 Å². The minimum Gasteiger partial charge on any atom is -0.494 e. The monoisotopic (exact) mass is 306 g/mol. The summed E-state index contributed by atoms with van der Waals surface area (Å²) in [5.41, 5.74) is 1.47. The number of rotatable bonds is 8. The van der Waals surface area contributed by atoms with Crippen molar-refractivity contribution in [3.63, 3.8) is 0 Å². The molecule has 0 bridgehead atoms. The molecule has 0 saturated heterocycles. The Hall–Kier alpha value is -1.33. The quantitative estimate of drug-likeness (QED) is 0.802. The summed E-state index contributed by atoms with van der Waals surface area (Å²) in [4.78, 5) is 4.65. The summed E-state index contributed by atoms with van der Waals surface area (Å²) in [5.74, 6) is 0.916. The number of ether oxygens (including phenoxy) is 2. The molecule has 5 heteroatoms. The van der Waals surface area contributed by atoms with E-state index in [1.54, 1.807) is 18.4 Å². The smallest absolute Gasteiger partial charge is 0.183 e. The van der Waals surface area contributed by atoms with E-state index in [0.717, 1.165) is 36.0 Å². The number of thiazole rings is 1. The highest BCUT2D eigenvalue weighted by Gasteiger charge is 2.41. The van der Waals surface area contributed by atoms with Crippen molar-refractivity contribution in [2.24, 2.45) is 5.41 Å². The van der Waals surface area contributed by atoms with Gasteiger partial charge in [0.05, 0.1) is 16.8 Å². The minimum atomic E-state index is 0.435. The number of methoxy groups -OCH3 is 1. The van der Waals surface area contributed by atoms with Crippen molar-refractivity contribution in [2.45, 2.75) is 26.2 Å². The van der Waals surface area contributed by atoms with Crippen LogP contribution in [0.4, 0.5) is 5.13 Å². The van der Waals surface area contributed by atoms with Gasteiger partial charge in [0, 0.05) is 20.3 Å². The molecular weight excluding hydrogens is 284 g/mol. The van der Waals surface area contributed by atoms with Gasteiger partial charge in [0.25, 0.3) is 0 Å². The molecule has 0 radical (unpaired) electrons. The van der Waals surface area contributed by atoms with Gasteiger partial charge >= 0.3 is 0 Å². The summed E-state index contributed by atoms with van der Waals surface area (Å²) in [6, 6.07) is 6.08. The number of fused-ring (bicyclic) bond motifs is 1. The van der Waals surface area contributed by atoms with E-state index in [2.05, 4.69) is 16.4 Å². The molecule has 1 aromatic carbocycles. The summed E-state index contributed by atoms with van der Waals surface area (Å²) in [7, 11) is 1.77. The van der Waals surface area contributed by atoms with Crippen LogP contribution in [0, 0.1) is 5.41 Å². The zero-order valence-electron chi connectivity index (χ0n) is 12.6. The van der Waals surface area contributed by atoms with Gasteiger partial charge in [-0.2, -0.15) is 0 Å². The fourth-order valence-electron chi connectivity index (χ4n) is 2.51. The van der Waals surface area contributed by atoms with Gasteiger partial charge in [-0.15, -0.1) is 0 Å². The first-order valence-corrected chi connectivity index (χ1v) is 8.32. The van der Waals surface area contributed by atoms with E-state index >= 15 is 0 Å². The van der Waals surface area contributed by atoms with E-state index in [-0.39, 0.29) is 0 Å². The Morgan fingerprint density at radius 3 is 2.95 bits per heavy atom. The Morgan fingerprint density at radius 2 is 2.24 bits per heavy atom. The van der Waals surface area contributed by atoms with Gasteiger partial charge in [0.1, 0.15) is 5.75 Å². The summed E-state index contributed by atoms with van der Waals surface area (Å²) in [6.07, 6.45) is 3.72. The third kappa shape index (κ3) is 3.47. The zero-order valence-corrected chi connectivity index (χ0v) is 13.5. The maximum Gasteiger partial charge on any atom is 0.183 e. The Balaban J connectivity index is 1.64. The third-order valence-corrected chi connectivity index (χ3v) is 5.06. The molecule has 1 fully saturated rings. The number of nitrogens with one attached hydrogen (secondary N) is 1. The molecule has 21 heavy (non-hydrogen) atoms. The predicted molar refractivity (Wildman–Crippen MR) is 87.4 cm³/mol. The Kier molecular flexibility index (Phi) is 4.31. The molecule has 1 aliphatic rings. The van der Waals surface area contributed by atoms with Crippen LogP contribution in [-0.2, 0) is 4.74 Å². The van der Waals surface area contributed by atoms with E-state index in [0.29, 0.717) is 12.0 Å². The standard InChI is InChI=1S/C16H22N2O2S/c1-3-20-12-4-5-13-14(10-12)21-15(18-13)17-11-16(6-7-16)8-9-19-2/h4-5,10H,3,6-9,11H2,1-2H3,(H,17,18). The van der Waals surface area contributed by atoms with Crippen LogP contribution in [0.25, 0.3) is 10.2 Å². The largest absolute Gasteiger partial charge is 0.494 e. The molecule has 0 aliphatic heterocycles. The van der Waals surface area contributed by atoms with Crippen molar-refractivity contribution in [1.29, 1.82) is 0 Å². The molecule has 0 spiro atoms. The highest BCUT2D eigenvalue weighted by atomic mass is 32.1. The number of anilines is 1. The van der Waals surface area contributed by atoms with Crippen molar-refractivity contribution < 1.29 is 9.47 Å². The first-order valence-electron chi connectivity index (χ1n) is 7.51. The topological polar surface area (TPSA) is 43.4 Å². The number of aromatic nitrogens is 1. The van der Waals surface area contributed by atoms with Gasteiger partial charge in [-0.25, -0.2) is 4.98 Å². The van der Waals surface area contributed by atoms with Crippen molar-refractivity contribution >= 4 is 26.7 Å². The van der Waals surface area contributed by atoms with E-state index in [9.17, 15) is 0 Å². The third-order valence-electron chi connectivity index (χ3n) is 4.08. The lowest BCUT2D eigenvalue weighted by Crippen LogP contribution is -2.17. The van der Waals surface area contributed by atoms with Crippen molar-refractivity contribution in [3.05, 3.63) is 18.2 Å². The Morgan fingerprint density at radius 1 is 1.38 bits per heavy atom. The van der Waals surface area contributed by atoms with Gasteiger partial charge in [0.2, 0.25) is 0 Å². The van der Waals surface area contributed by atoms with E-state index in [1.165, 1.54) is 17.5 Å². The van der Waals surface area contributed by atoms with E-state index in [4.69, 9.17) is 9.47 Å². The summed E-state index contributed by atoms with van der Waals surface area (Å²) in [5, 5.41) is 4.51. The SMILES string of the molecule is CCOc1ccc2nc(NCC3(CCOC)CC3)sc2c1. The summed E-state index contributed by atoms with van der Waals surface area (Å²) >= 11 is 1.70. The van der Waals surface area contributed by atoms with Crippen LogP contribution in [0.5, 0.6) is 5.75 Å². The van der Waals surface area contributed by atoms with Crippen molar-refractivity contribution in [1.82, 2.24) is 4.98 Å². The van der Waals surface area contributed by atoms with Crippen LogP contribution < -0.4 is 10.1 Å². The molecular formula is C16H22N2O2S. The second-order valence-corrected chi connectivity index (χ2v) is 6.71. The molecule has 114 valence electrons. The lowest BCUT2D eigenvalue weighted by molar-refractivity contribution is 0.175. The van der Waals surface area contributed by atoms with Crippen LogP contribution in [0.2, 0.25) is 0 Å². The summed E-state index contributed by atoms with van der Waals surface area (Å²) in [6.45, 7) is 4.53. The van der Waals surface area contributed by atoms with Crippen LogP contribution >= 0.6 is 11.3 Å². The molecule has 2 aromatic rings. The molecule has 0 unspecified atom stereocenters. The molecule has 4 nitrogen and oxygen atoms in total. The molecule has 1 aliphatic carbocycles. The second kappa shape index (κ2) is 6.20. The average molecular weight is 306 g/mol. The first-order chi connectivity index (χ1) is 10.2. The highest BCUT2D eigenvalue weighted by Crippen LogP contribution is 2.48. The number of hydrogen-bond acceptors (Lipinski definition) is 5. The van der Waals surface area contributed by atoms with E-state index < -0.39 is 0 Å². The molecule has 1 N–H and O–H groups in total. The maximum absolute atomic E-state index is 5.54. The molecule has 1 saturated carbocycles. The number of hydrogen-bond donors (Lipinski definition) is 1. The van der Waals surface area contributed by atoms with Gasteiger partial charge in [-0.05, 0) is 49.8 Å².